The average Bonchev–Trinajstić information content (AvgIpc) is 2.85. The van der Waals surface area contributed by atoms with Crippen LogP contribution in [0.5, 0.6) is 0 Å². The molecule has 0 unspecified atom stereocenters. The van der Waals surface area contributed by atoms with Gasteiger partial charge in [0.05, 0.1) is 0 Å². The maximum absolute atomic E-state index is 12.0. The SMILES string of the molecule is CCCCCCCCCCCC(=O)OC(=O)CC[C@H](N)C(=O)OC(=O)CCCCCCCCCCC.[NaH]. The second kappa shape index (κ2) is 28.3. The Morgan fingerprint density at radius 1 is 0.514 bits per heavy atom. The fraction of sp³-hybridized carbons (Fsp3) is 0.862. The Bertz CT molecular complexity index is 599. The van der Waals surface area contributed by atoms with Crippen molar-refractivity contribution in [2.24, 2.45) is 5.73 Å². The average molecular weight is 536 g/mol. The van der Waals surface area contributed by atoms with Crippen molar-refractivity contribution in [3.05, 3.63) is 0 Å². The van der Waals surface area contributed by atoms with Crippen molar-refractivity contribution in [3.8, 4) is 0 Å². The Morgan fingerprint density at radius 2 is 0.838 bits per heavy atom. The van der Waals surface area contributed by atoms with Gasteiger partial charge in [0.2, 0.25) is 0 Å². The molecule has 8 heteroatoms. The fourth-order valence-corrected chi connectivity index (χ4v) is 4.02. The summed E-state index contributed by atoms with van der Waals surface area (Å²) in [6, 6.07) is -1.10. The van der Waals surface area contributed by atoms with Crippen molar-refractivity contribution in [1.82, 2.24) is 0 Å². The van der Waals surface area contributed by atoms with Gasteiger partial charge in [-0.2, -0.15) is 0 Å². The Balaban J connectivity index is 0. The van der Waals surface area contributed by atoms with Crippen LogP contribution < -0.4 is 5.73 Å². The maximum atomic E-state index is 12.0. The Morgan fingerprint density at radius 3 is 1.24 bits per heavy atom. The van der Waals surface area contributed by atoms with E-state index in [2.05, 4.69) is 13.8 Å². The van der Waals surface area contributed by atoms with Gasteiger partial charge in [-0.05, 0) is 19.3 Å². The summed E-state index contributed by atoms with van der Waals surface area (Å²) in [5.41, 5.74) is 5.73. The number of nitrogens with two attached hydrogens (primary N) is 1. The molecule has 0 aliphatic heterocycles. The zero-order valence-corrected chi connectivity index (χ0v) is 23.2. The first-order valence-corrected chi connectivity index (χ1v) is 14.6. The summed E-state index contributed by atoms with van der Waals surface area (Å²) in [5, 5.41) is 0. The van der Waals surface area contributed by atoms with Gasteiger partial charge in [-0.25, -0.2) is 4.79 Å². The number of unbranched alkanes of at least 4 members (excludes halogenated alkanes) is 16. The van der Waals surface area contributed by atoms with Crippen LogP contribution in [0.25, 0.3) is 0 Å². The molecule has 1 atom stereocenters. The molecule has 0 aliphatic carbocycles. The molecule has 0 radical (unpaired) electrons. The molecule has 212 valence electrons. The number of ether oxygens (including phenoxy) is 2. The quantitative estimate of drug-likeness (QED) is 0.0656. The van der Waals surface area contributed by atoms with Crippen molar-refractivity contribution in [2.45, 2.75) is 161 Å². The summed E-state index contributed by atoms with van der Waals surface area (Å²) in [5.74, 6) is -2.68. The summed E-state index contributed by atoms with van der Waals surface area (Å²) in [4.78, 5) is 47.4. The van der Waals surface area contributed by atoms with Crippen LogP contribution in [0.3, 0.4) is 0 Å². The molecule has 0 aromatic heterocycles. The van der Waals surface area contributed by atoms with Crippen LogP contribution in [0, 0.1) is 0 Å². The van der Waals surface area contributed by atoms with Crippen molar-refractivity contribution in [1.29, 1.82) is 0 Å². The predicted molar refractivity (Wildman–Crippen MR) is 150 cm³/mol. The van der Waals surface area contributed by atoms with Gasteiger partial charge >= 0.3 is 53.4 Å². The third kappa shape index (κ3) is 26.6. The first-order chi connectivity index (χ1) is 17.4. The molecule has 7 nitrogen and oxygen atoms in total. The van der Waals surface area contributed by atoms with E-state index in [1.165, 1.54) is 77.0 Å². The molecule has 0 amide bonds. The molecule has 37 heavy (non-hydrogen) atoms. The second-order valence-electron chi connectivity index (χ2n) is 9.94. The van der Waals surface area contributed by atoms with Gasteiger partial charge in [-0.3, -0.25) is 14.4 Å². The van der Waals surface area contributed by atoms with E-state index in [0.717, 1.165) is 25.7 Å². The van der Waals surface area contributed by atoms with Gasteiger partial charge in [0.15, 0.2) is 0 Å². The van der Waals surface area contributed by atoms with Crippen LogP contribution in [0.2, 0.25) is 0 Å². The van der Waals surface area contributed by atoms with E-state index in [0.29, 0.717) is 12.8 Å². The van der Waals surface area contributed by atoms with Gasteiger partial charge < -0.3 is 15.2 Å². The van der Waals surface area contributed by atoms with Crippen molar-refractivity contribution in [3.63, 3.8) is 0 Å². The molecule has 0 rings (SSSR count). The molecule has 0 aromatic rings. The fourth-order valence-electron chi connectivity index (χ4n) is 4.02. The van der Waals surface area contributed by atoms with Gasteiger partial charge in [-0.1, -0.05) is 117 Å². The minimum absolute atomic E-state index is 0. The van der Waals surface area contributed by atoms with Gasteiger partial charge in [0.25, 0.3) is 0 Å². The standard InChI is InChI=1S/C29H53NO6.Na.H/c1-3-5-7-9-11-13-15-17-19-21-26(31)35-28(33)24-23-25(30)29(34)36-27(32)22-20-18-16-14-12-10-8-6-4-2;;/h25H,3-24,30H2,1-2H3;;/t25-;;/m0../s1. The summed E-state index contributed by atoms with van der Waals surface area (Å²) >= 11 is 0. The van der Waals surface area contributed by atoms with Crippen molar-refractivity contribution in [2.75, 3.05) is 0 Å². The molecule has 0 saturated heterocycles. The van der Waals surface area contributed by atoms with E-state index in [9.17, 15) is 19.2 Å². The van der Waals surface area contributed by atoms with E-state index in [1.807, 2.05) is 0 Å². The molecule has 0 spiro atoms. The van der Waals surface area contributed by atoms with Crippen LogP contribution in [0.1, 0.15) is 155 Å². The zero-order chi connectivity index (χ0) is 26.9. The van der Waals surface area contributed by atoms with E-state index in [1.54, 1.807) is 0 Å². The molecule has 0 bridgehead atoms. The van der Waals surface area contributed by atoms with Gasteiger partial charge in [0, 0.05) is 19.3 Å². The van der Waals surface area contributed by atoms with Crippen LogP contribution in [-0.4, -0.2) is 59.5 Å². The Hall–Kier alpha value is -0.760. The normalized spacial score (nSPS) is 11.4. The number of carbonyl (C=O) groups excluding carboxylic acids is 4. The predicted octanol–water partition coefficient (Wildman–Crippen LogP) is 6.43. The second-order valence-corrected chi connectivity index (χ2v) is 9.94. The number of hydrogen-bond donors (Lipinski definition) is 1. The third-order valence-corrected chi connectivity index (χ3v) is 6.37. The molecule has 0 fully saturated rings. The Labute approximate surface area is 248 Å². The number of rotatable bonds is 24. The minimum atomic E-state index is -1.10. The third-order valence-electron chi connectivity index (χ3n) is 6.37. The Kier molecular flexibility index (Phi) is 29.3. The van der Waals surface area contributed by atoms with Gasteiger partial charge in [-0.15, -0.1) is 0 Å². The van der Waals surface area contributed by atoms with E-state index >= 15 is 0 Å². The zero-order valence-electron chi connectivity index (χ0n) is 23.2. The van der Waals surface area contributed by atoms with E-state index in [4.69, 9.17) is 15.2 Å². The molecule has 0 aliphatic rings. The first kappa shape index (κ1) is 38.4. The number of hydrogen-bond acceptors (Lipinski definition) is 7. The molecule has 0 saturated carbocycles. The molecule has 2 N–H and O–H groups in total. The summed E-state index contributed by atoms with van der Waals surface area (Å²) in [7, 11) is 0. The van der Waals surface area contributed by atoms with Gasteiger partial charge in [0.1, 0.15) is 6.04 Å². The topological polar surface area (TPSA) is 113 Å². The molecular formula is C29H54NNaO6. The number of esters is 4. The van der Waals surface area contributed by atoms with E-state index < -0.39 is 29.9 Å². The first-order valence-electron chi connectivity index (χ1n) is 14.6. The van der Waals surface area contributed by atoms with Crippen LogP contribution >= 0.6 is 0 Å². The van der Waals surface area contributed by atoms with Crippen LogP contribution in [0.4, 0.5) is 0 Å². The molecular weight excluding hydrogens is 481 g/mol. The van der Waals surface area contributed by atoms with Crippen LogP contribution in [-0.2, 0) is 28.7 Å². The summed E-state index contributed by atoms with van der Waals surface area (Å²) in [6.07, 6.45) is 20.6. The van der Waals surface area contributed by atoms with E-state index in [-0.39, 0.29) is 55.2 Å². The number of carbonyl (C=O) groups is 4. The summed E-state index contributed by atoms with van der Waals surface area (Å²) in [6.45, 7) is 4.40. The van der Waals surface area contributed by atoms with Crippen molar-refractivity contribution < 1.29 is 28.7 Å². The molecule has 0 heterocycles. The monoisotopic (exact) mass is 535 g/mol. The summed E-state index contributed by atoms with van der Waals surface area (Å²) < 4.78 is 9.58. The van der Waals surface area contributed by atoms with Crippen LogP contribution in [0.15, 0.2) is 0 Å². The molecule has 0 aromatic carbocycles. The van der Waals surface area contributed by atoms with Crippen molar-refractivity contribution >= 4 is 53.4 Å².